The van der Waals surface area contributed by atoms with Gasteiger partial charge < -0.3 is 14.8 Å². The van der Waals surface area contributed by atoms with Crippen LogP contribution < -0.4 is 20.2 Å². The molecule has 0 saturated heterocycles. The fourth-order valence-electron chi connectivity index (χ4n) is 2.90. The van der Waals surface area contributed by atoms with Crippen LogP contribution in [0.4, 0.5) is 5.69 Å². The van der Waals surface area contributed by atoms with Gasteiger partial charge in [0.1, 0.15) is 0 Å². The number of benzene rings is 3. The fourth-order valence-corrected chi connectivity index (χ4v) is 3.20. The van der Waals surface area contributed by atoms with E-state index in [1.807, 2.05) is 38.1 Å². The first-order valence-corrected chi connectivity index (χ1v) is 11.2. The summed E-state index contributed by atoms with van der Waals surface area (Å²) in [5.74, 6) is 0.150. The predicted octanol–water partition coefficient (Wildman–Crippen LogP) is 5.48. The van der Waals surface area contributed by atoms with Gasteiger partial charge in [-0.05, 0) is 67.4 Å². The number of aryl methyl sites for hydroxylation is 1. The van der Waals surface area contributed by atoms with Gasteiger partial charge in [-0.15, -0.1) is 0 Å². The topological polar surface area (TPSA) is 89.0 Å². The van der Waals surface area contributed by atoms with Crippen LogP contribution in [-0.2, 0) is 4.79 Å². The molecular formula is C25H23Cl2N3O4. The largest absolute Gasteiger partial charge is 0.490 e. The number of ether oxygens (including phenoxy) is 2. The summed E-state index contributed by atoms with van der Waals surface area (Å²) in [4.78, 5) is 24.5. The van der Waals surface area contributed by atoms with Crippen molar-refractivity contribution in [1.29, 1.82) is 0 Å². The van der Waals surface area contributed by atoms with Crippen LogP contribution in [0.1, 0.15) is 28.4 Å². The van der Waals surface area contributed by atoms with Crippen LogP contribution in [0.5, 0.6) is 11.5 Å². The Morgan fingerprint density at radius 3 is 2.50 bits per heavy atom. The number of carbonyl (C=O) groups excluding carboxylic acids is 2. The number of halogens is 2. The average Bonchev–Trinajstić information content (AvgIpc) is 2.82. The van der Waals surface area contributed by atoms with Crippen LogP contribution in [0.15, 0.2) is 65.8 Å². The number of rotatable bonds is 9. The molecule has 0 saturated carbocycles. The van der Waals surface area contributed by atoms with Crippen LogP contribution in [0, 0.1) is 6.92 Å². The van der Waals surface area contributed by atoms with Gasteiger partial charge in [0.2, 0.25) is 0 Å². The van der Waals surface area contributed by atoms with Gasteiger partial charge >= 0.3 is 0 Å². The first-order valence-electron chi connectivity index (χ1n) is 10.4. The molecule has 0 aromatic heterocycles. The van der Waals surface area contributed by atoms with Crippen molar-refractivity contribution in [1.82, 2.24) is 5.43 Å². The summed E-state index contributed by atoms with van der Waals surface area (Å²) in [6.45, 7) is 3.98. The maximum atomic E-state index is 12.3. The first kappa shape index (κ1) is 25.1. The van der Waals surface area contributed by atoms with Crippen LogP contribution in [0.25, 0.3) is 0 Å². The molecule has 2 amide bonds. The van der Waals surface area contributed by atoms with Gasteiger partial charge in [-0.1, -0.05) is 41.4 Å². The minimum Gasteiger partial charge on any atom is -0.490 e. The number of para-hydroxylation sites is 1. The number of nitrogens with zero attached hydrogens (tertiary/aromatic N) is 1. The maximum Gasteiger partial charge on any atom is 0.271 e. The predicted molar refractivity (Wildman–Crippen MR) is 134 cm³/mol. The van der Waals surface area contributed by atoms with Gasteiger partial charge in [0.25, 0.3) is 11.8 Å². The number of carbonyl (C=O) groups is 2. The molecule has 0 unspecified atom stereocenters. The Kier molecular flexibility index (Phi) is 8.90. The molecule has 3 aromatic carbocycles. The molecule has 0 aliphatic carbocycles. The smallest absolute Gasteiger partial charge is 0.271 e. The highest BCUT2D eigenvalue weighted by Crippen LogP contribution is 2.28. The van der Waals surface area contributed by atoms with E-state index in [-0.39, 0.29) is 17.5 Å². The maximum absolute atomic E-state index is 12.3. The summed E-state index contributed by atoms with van der Waals surface area (Å²) in [5, 5.41) is 7.43. The Hall–Kier alpha value is -3.55. The molecule has 0 bridgehead atoms. The number of amides is 2. The second-order valence-electron chi connectivity index (χ2n) is 7.12. The molecule has 7 nitrogen and oxygen atoms in total. The molecule has 0 radical (unpaired) electrons. The summed E-state index contributed by atoms with van der Waals surface area (Å²) in [5.41, 5.74) is 5.11. The normalized spacial score (nSPS) is 10.7. The third-order valence-corrected chi connectivity index (χ3v) is 5.35. The average molecular weight is 500 g/mol. The van der Waals surface area contributed by atoms with Gasteiger partial charge in [0.15, 0.2) is 18.1 Å². The molecule has 0 aliphatic heterocycles. The number of nitrogens with one attached hydrogen (secondary N) is 2. The van der Waals surface area contributed by atoms with Crippen molar-refractivity contribution in [3.8, 4) is 11.5 Å². The number of hydrogen-bond donors (Lipinski definition) is 2. The van der Waals surface area contributed by atoms with Crippen LogP contribution in [-0.4, -0.2) is 31.2 Å². The summed E-state index contributed by atoms with van der Waals surface area (Å²) in [7, 11) is 0. The Morgan fingerprint density at radius 2 is 1.76 bits per heavy atom. The molecule has 0 fully saturated rings. The Morgan fingerprint density at radius 1 is 0.971 bits per heavy atom. The van der Waals surface area contributed by atoms with Gasteiger partial charge in [-0.2, -0.15) is 5.10 Å². The van der Waals surface area contributed by atoms with Crippen molar-refractivity contribution < 1.29 is 19.1 Å². The van der Waals surface area contributed by atoms with E-state index in [0.717, 1.165) is 11.3 Å². The molecule has 2 N–H and O–H groups in total. The Labute approximate surface area is 207 Å². The lowest BCUT2D eigenvalue weighted by molar-refractivity contribution is -0.118. The van der Waals surface area contributed by atoms with Crippen molar-refractivity contribution in [2.75, 3.05) is 18.5 Å². The van der Waals surface area contributed by atoms with E-state index < -0.39 is 5.91 Å². The molecule has 3 rings (SSSR count). The highest BCUT2D eigenvalue weighted by atomic mass is 35.5. The van der Waals surface area contributed by atoms with Gasteiger partial charge in [-0.25, -0.2) is 5.43 Å². The minimum atomic E-state index is -0.431. The molecule has 9 heteroatoms. The van der Waals surface area contributed by atoms with Crippen molar-refractivity contribution in [2.24, 2.45) is 5.10 Å². The van der Waals surface area contributed by atoms with Crippen LogP contribution in [0.3, 0.4) is 0 Å². The molecule has 34 heavy (non-hydrogen) atoms. The van der Waals surface area contributed by atoms with Gasteiger partial charge in [-0.3, -0.25) is 9.59 Å². The van der Waals surface area contributed by atoms with E-state index in [1.54, 1.807) is 24.3 Å². The van der Waals surface area contributed by atoms with E-state index >= 15 is 0 Å². The van der Waals surface area contributed by atoms with Gasteiger partial charge in [0.05, 0.1) is 22.9 Å². The molecule has 0 heterocycles. The molecule has 0 aliphatic rings. The summed E-state index contributed by atoms with van der Waals surface area (Å²) in [6.07, 6.45) is 1.46. The first-order chi connectivity index (χ1) is 16.4. The fraction of sp³-hybridized carbons (Fsp3) is 0.160. The van der Waals surface area contributed by atoms with E-state index in [1.165, 1.54) is 18.3 Å². The van der Waals surface area contributed by atoms with E-state index in [9.17, 15) is 9.59 Å². The van der Waals surface area contributed by atoms with E-state index in [2.05, 4.69) is 15.8 Å². The zero-order valence-electron chi connectivity index (χ0n) is 18.6. The molecule has 176 valence electrons. The van der Waals surface area contributed by atoms with Crippen molar-refractivity contribution in [3.63, 3.8) is 0 Å². The number of anilines is 1. The van der Waals surface area contributed by atoms with E-state index in [0.29, 0.717) is 34.3 Å². The zero-order valence-corrected chi connectivity index (χ0v) is 20.1. The lowest BCUT2D eigenvalue weighted by Gasteiger charge is -2.13. The van der Waals surface area contributed by atoms with Crippen LogP contribution in [0.2, 0.25) is 10.0 Å². The van der Waals surface area contributed by atoms with E-state index in [4.69, 9.17) is 32.7 Å². The minimum absolute atomic E-state index is 0.179. The summed E-state index contributed by atoms with van der Waals surface area (Å²) < 4.78 is 11.3. The third kappa shape index (κ3) is 6.97. The molecule has 0 atom stereocenters. The van der Waals surface area contributed by atoms with Crippen molar-refractivity contribution >= 4 is 46.9 Å². The number of hydrogen-bond acceptors (Lipinski definition) is 5. The van der Waals surface area contributed by atoms with Gasteiger partial charge in [0, 0.05) is 11.3 Å². The lowest BCUT2D eigenvalue weighted by Crippen LogP contribution is -2.20. The molecule has 0 spiro atoms. The molecular weight excluding hydrogens is 477 g/mol. The summed E-state index contributed by atoms with van der Waals surface area (Å²) in [6, 6.07) is 17.1. The number of hydrazone groups is 1. The Balaban J connectivity index is 1.61. The second kappa shape index (κ2) is 12.1. The standard InChI is InChI=1S/C25H23Cl2N3O4/c1-3-33-23-12-17(14-28-30-25(32)18-9-10-19(26)20(27)13-18)8-11-22(23)34-15-24(31)29-21-7-5-4-6-16(21)2/h4-14H,3,15H2,1-2H3,(H,29,31)(H,30,32)/b28-14-. The van der Waals surface area contributed by atoms with Crippen molar-refractivity contribution in [2.45, 2.75) is 13.8 Å². The summed E-state index contributed by atoms with van der Waals surface area (Å²) >= 11 is 11.8. The second-order valence-corrected chi connectivity index (χ2v) is 7.93. The van der Waals surface area contributed by atoms with Crippen molar-refractivity contribution in [3.05, 3.63) is 87.4 Å². The Bertz CT molecular complexity index is 1210. The van der Waals surface area contributed by atoms with Crippen LogP contribution >= 0.6 is 23.2 Å². The third-order valence-electron chi connectivity index (χ3n) is 4.61. The highest BCUT2D eigenvalue weighted by Gasteiger charge is 2.11. The zero-order chi connectivity index (χ0) is 24.5. The monoisotopic (exact) mass is 499 g/mol. The quantitative estimate of drug-likeness (QED) is 0.301. The lowest BCUT2D eigenvalue weighted by atomic mass is 10.2. The SMILES string of the molecule is CCOc1cc(/C=N\NC(=O)c2ccc(Cl)c(Cl)c2)ccc1OCC(=O)Nc1ccccc1C. The highest BCUT2D eigenvalue weighted by molar-refractivity contribution is 6.42. The molecule has 3 aromatic rings.